The molecule has 120 valence electrons. The van der Waals surface area contributed by atoms with E-state index in [1.54, 1.807) is 6.20 Å². The van der Waals surface area contributed by atoms with Crippen LogP contribution in [0.1, 0.15) is 17.3 Å². The van der Waals surface area contributed by atoms with Gasteiger partial charge in [0.1, 0.15) is 0 Å². The van der Waals surface area contributed by atoms with Crippen LogP contribution in [0.2, 0.25) is 0 Å². The van der Waals surface area contributed by atoms with Crippen LogP contribution in [0.5, 0.6) is 0 Å². The van der Waals surface area contributed by atoms with Crippen molar-refractivity contribution in [2.45, 2.75) is 13.0 Å². The van der Waals surface area contributed by atoms with Gasteiger partial charge in [0.2, 0.25) is 0 Å². The van der Waals surface area contributed by atoms with E-state index in [0.717, 1.165) is 25.2 Å². The van der Waals surface area contributed by atoms with Gasteiger partial charge >= 0.3 is 0 Å². The van der Waals surface area contributed by atoms with Gasteiger partial charge in [0, 0.05) is 36.8 Å². The molecule has 7 heteroatoms. The van der Waals surface area contributed by atoms with Gasteiger partial charge in [-0.05, 0) is 19.1 Å². The highest BCUT2D eigenvalue weighted by atomic mass is 35.5. The number of hydrogen-bond donors (Lipinski definition) is 1. The van der Waals surface area contributed by atoms with Gasteiger partial charge in [0.15, 0.2) is 12.2 Å². The molecule has 1 aliphatic heterocycles. The summed E-state index contributed by atoms with van der Waals surface area (Å²) >= 11 is 0. The number of nitrogens with zero attached hydrogens (tertiary/aromatic N) is 2. The van der Waals surface area contributed by atoms with Gasteiger partial charge < -0.3 is 14.6 Å². The van der Waals surface area contributed by atoms with Crippen LogP contribution in [0.4, 0.5) is 0 Å². The number of carbonyl (C=O) groups excluding carboxylic acids is 1. The molecule has 0 spiro atoms. The van der Waals surface area contributed by atoms with Gasteiger partial charge in [-0.3, -0.25) is 4.79 Å². The van der Waals surface area contributed by atoms with Crippen molar-refractivity contribution in [1.29, 1.82) is 0 Å². The molecular weight excluding hydrogens is 325 g/mol. The molecule has 1 N–H and O–H groups in total. The Bertz CT molecular complexity index is 587. The molecule has 1 atom stereocenters. The van der Waals surface area contributed by atoms with Gasteiger partial charge in [-0.2, -0.15) is 0 Å². The largest absolute Gasteiger partial charge is 0.444 e. The molecule has 2 heterocycles. The van der Waals surface area contributed by atoms with E-state index in [9.17, 15) is 4.79 Å². The number of rotatable bonds is 2. The molecule has 0 aliphatic carbocycles. The summed E-state index contributed by atoms with van der Waals surface area (Å²) in [6.07, 6.45) is 3.06. The summed E-state index contributed by atoms with van der Waals surface area (Å²) in [6.45, 7) is 4.52. The van der Waals surface area contributed by atoms with Crippen molar-refractivity contribution < 1.29 is 9.21 Å². The van der Waals surface area contributed by atoms with E-state index in [1.807, 2.05) is 29.2 Å². The van der Waals surface area contributed by atoms with Crippen LogP contribution in [0, 0.1) is 0 Å². The smallest absolute Gasteiger partial charge is 0.254 e. The second kappa shape index (κ2) is 8.17. The molecule has 1 aromatic heterocycles. The lowest BCUT2D eigenvalue weighted by Gasteiger charge is -2.34. The van der Waals surface area contributed by atoms with Gasteiger partial charge in [0.25, 0.3) is 5.91 Å². The normalized spacial score (nSPS) is 17.3. The number of aromatic nitrogens is 1. The van der Waals surface area contributed by atoms with E-state index in [-0.39, 0.29) is 36.8 Å². The molecule has 0 radical (unpaired) electrons. The van der Waals surface area contributed by atoms with Crippen LogP contribution >= 0.6 is 24.8 Å². The van der Waals surface area contributed by atoms with Crippen LogP contribution in [0.3, 0.4) is 0 Å². The van der Waals surface area contributed by atoms with Crippen LogP contribution in [-0.2, 0) is 0 Å². The van der Waals surface area contributed by atoms with Crippen molar-refractivity contribution in [2.24, 2.45) is 0 Å². The maximum Gasteiger partial charge on any atom is 0.254 e. The number of carbonyl (C=O) groups is 1. The highest BCUT2D eigenvalue weighted by Gasteiger charge is 2.23. The lowest BCUT2D eigenvalue weighted by Crippen LogP contribution is -2.52. The maximum atomic E-state index is 12.5. The van der Waals surface area contributed by atoms with Crippen molar-refractivity contribution in [3.8, 4) is 11.3 Å². The van der Waals surface area contributed by atoms with E-state index in [0.29, 0.717) is 11.3 Å². The molecule has 0 saturated carbocycles. The van der Waals surface area contributed by atoms with Gasteiger partial charge in [0.05, 0.1) is 6.20 Å². The number of piperazine rings is 1. The molecule has 1 saturated heterocycles. The Labute approximate surface area is 141 Å². The van der Waals surface area contributed by atoms with Crippen LogP contribution in [0.15, 0.2) is 41.3 Å². The van der Waals surface area contributed by atoms with Crippen molar-refractivity contribution in [3.05, 3.63) is 42.4 Å². The predicted molar refractivity (Wildman–Crippen MR) is 89.8 cm³/mol. The van der Waals surface area contributed by atoms with Crippen molar-refractivity contribution >= 4 is 30.7 Å². The zero-order valence-electron chi connectivity index (χ0n) is 12.2. The molecule has 1 aromatic carbocycles. The number of halogens is 2. The Kier molecular flexibility index (Phi) is 6.87. The summed E-state index contributed by atoms with van der Waals surface area (Å²) in [7, 11) is 0. The summed E-state index contributed by atoms with van der Waals surface area (Å²) in [5, 5.41) is 3.29. The quantitative estimate of drug-likeness (QED) is 0.910. The van der Waals surface area contributed by atoms with E-state index < -0.39 is 0 Å². The topological polar surface area (TPSA) is 58.4 Å². The molecule has 1 aliphatic rings. The lowest BCUT2D eigenvalue weighted by atomic mass is 10.1. The summed E-state index contributed by atoms with van der Waals surface area (Å²) < 4.78 is 5.24. The Morgan fingerprint density at radius 2 is 2.05 bits per heavy atom. The average Bonchev–Trinajstić information content (AvgIpc) is 3.01. The summed E-state index contributed by atoms with van der Waals surface area (Å²) in [5.74, 6) is 0.794. The molecule has 1 fully saturated rings. The third-order valence-electron chi connectivity index (χ3n) is 3.61. The third kappa shape index (κ3) is 3.80. The number of benzene rings is 1. The number of oxazole rings is 1. The first-order chi connectivity index (χ1) is 9.75. The van der Waals surface area contributed by atoms with Gasteiger partial charge in [-0.25, -0.2) is 4.98 Å². The summed E-state index contributed by atoms with van der Waals surface area (Å²) in [5.41, 5.74) is 1.63. The second-order valence-electron chi connectivity index (χ2n) is 4.99. The maximum absolute atomic E-state index is 12.5. The van der Waals surface area contributed by atoms with Crippen molar-refractivity contribution in [3.63, 3.8) is 0 Å². The molecule has 2 aromatic rings. The first-order valence-corrected chi connectivity index (χ1v) is 6.76. The van der Waals surface area contributed by atoms with Gasteiger partial charge in [-0.1, -0.05) is 12.1 Å². The minimum absolute atomic E-state index is 0. The fourth-order valence-electron chi connectivity index (χ4n) is 2.44. The number of amides is 1. The second-order valence-corrected chi connectivity index (χ2v) is 4.99. The van der Waals surface area contributed by atoms with Crippen molar-refractivity contribution in [1.82, 2.24) is 15.2 Å². The average molecular weight is 344 g/mol. The fraction of sp³-hybridized carbons (Fsp3) is 0.333. The first kappa shape index (κ1) is 18.5. The van der Waals surface area contributed by atoms with Crippen LogP contribution in [0.25, 0.3) is 11.3 Å². The standard InChI is InChI=1S/C15H17N3O2.2ClH/c1-11-8-16-6-7-18(11)15(19)13-4-2-12(3-5-13)14-9-17-10-20-14;;/h2-5,9-11,16H,6-8H2,1H3;2*1H/t11-;;/m1../s1. The highest BCUT2D eigenvalue weighted by molar-refractivity contribution is 5.95. The lowest BCUT2D eigenvalue weighted by molar-refractivity contribution is 0.0656. The minimum atomic E-state index is 0. The SMILES string of the molecule is C[C@@H]1CNCCN1C(=O)c1ccc(-c2cnco2)cc1.Cl.Cl. The van der Waals surface area contributed by atoms with Crippen LogP contribution < -0.4 is 5.32 Å². The van der Waals surface area contributed by atoms with Crippen LogP contribution in [-0.4, -0.2) is 41.5 Å². The Morgan fingerprint density at radius 3 is 2.64 bits per heavy atom. The molecular formula is C15H19Cl2N3O2. The molecule has 22 heavy (non-hydrogen) atoms. The van der Waals surface area contributed by atoms with Gasteiger partial charge in [-0.15, -0.1) is 24.8 Å². The van der Waals surface area contributed by atoms with E-state index in [2.05, 4.69) is 17.2 Å². The van der Waals surface area contributed by atoms with E-state index in [4.69, 9.17) is 4.42 Å². The number of nitrogens with one attached hydrogen (secondary N) is 1. The summed E-state index contributed by atoms with van der Waals surface area (Å²) in [4.78, 5) is 18.3. The Hall–Kier alpha value is -1.56. The molecule has 0 bridgehead atoms. The number of hydrogen-bond acceptors (Lipinski definition) is 4. The first-order valence-electron chi connectivity index (χ1n) is 6.76. The zero-order chi connectivity index (χ0) is 13.9. The van der Waals surface area contributed by atoms with E-state index in [1.165, 1.54) is 6.39 Å². The summed E-state index contributed by atoms with van der Waals surface area (Å²) in [6, 6.07) is 7.69. The van der Waals surface area contributed by atoms with E-state index >= 15 is 0 Å². The third-order valence-corrected chi connectivity index (χ3v) is 3.61. The minimum Gasteiger partial charge on any atom is -0.444 e. The zero-order valence-corrected chi connectivity index (χ0v) is 13.8. The molecule has 5 nitrogen and oxygen atoms in total. The molecule has 1 amide bonds. The highest BCUT2D eigenvalue weighted by Crippen LogP contribution is 2.20. The molecule has 3 rings (SSSR count). The van der Waals surface area contributed by atoms with Crippen molar-refractivity contribution in [2.75, 3.05) is 19.6 Å². The Morgan fingerprint density at radius 1 is 1.32 bits per heavy atom. The fourth-order valence-corrected chi connectivity index (χ4v) is 2.44. The monoisotopic (exact) mass is 343 g/mol. The predicted octanol–water partition coefficient (Wildman–Crippen LogP) is 2.62. The molecule has 0 unspecified atom stereocenters. The Balaban J connectivity index is 0.00000121.